The van der Waals surface area contributed by atoms with Crippen LogP contribution in [0.2, 0.25) is 0 Å². The highest BCUT2D eigenvalue weighted by molar-refractivity contribution is 7.89. The molecule has 8 heteroatoms. The summed E-state index contributed by atoms with van der Waals surface area (Å²) in [4.78, 5) is 12.0. The van der Waals surface area contributed by atoms with Gasteiger partial charge < -0.3 is 14.8 Å². The predicted molar refractivity (Wildman–Crippen MR) is 104 cm³/mol. The topological polar surface area (TPSA) is 84.9 Å². The van der Waals surface area contributed by atoms with Crippen LogP contribution in [0, 0.1) is 0 Å². The Morgan fingerprint density at radius 2 is 1.86 bits per heavy atom. The lowest BCUT2D eigenvalue weighted by Crippen LogP contribution is -2.30. The lowest BCUT2D eigenvalue weighted by molar-refractivity contribution is -0.116. The summed E-state index contributed by atoms with van der Waals surface area (Å²) >= 11 is 0. The number of carbonyl (C=O) groups is 1. The summed E-state index contributed by atoms with van der Waals surface area (Å²) < 4.78 is 38.9. The zero-order valence-corrected chi connectivity index (χ0v) is 16.6. The first-order chi connectivity index (χ1) is 13.4. The summed E-state index contributed by atoms with van der Waals surface area (Å²) in [6.07, 6.45) is 0. The van der Waals surface area contributed by atoms with Crippen LogP contribution in [0.4, 0.5) is 5.69 Å². The van der Waals surface area contributed by atoms with E-state index in [4.69, 9.17) is 9.47 Å². The van der Waals surface area contributed by atoms with E-state index < -0.39 is 10.0 Å². The van der Waals surface area contributed by atoms with Gasteiger partial charge in [0.15, 0.2) is 11.5 Å². The Hall–Kier alpha value is -2.58. The van der Waals surface area contributed by atoms with Gasteiger partial charge in [-0.05, 0) is 48.4 Å². The average Bonchev–Trinajstić information content (AvgIpc) is 2.99. The van der Waals surface area contributed by atoms with Crippen molar-refractivity contribution in [3.05, 3.63) is 47.5 Å². The number of ether oxygens (including phenoxy) is 2. The molecule has 0 saturated heterocycles. The molecule has 2 aliphatic rings. The van der Waals surface area contributed by atoms with Gasteiger partial charge in [0.2, 0.25) is 15.9 Å². The number of sulfonamides is 1. The van der Waals surface area contributed by atoms with Crippen molar-refractivity contribution in [1.82, 2.24) is 4.31 Å². The van der Waals surface area contributed by atoms with Gasteiger partial charge in [-0.25, -0.2) is 8.42 Å². The summed E-state index contributed by atoms with van der Waals surface area (Å²) in [5.41, 5.74) is 2.20. The van der Waals surface area contributed by atoms with E-state index in [-0.39, 0.29) is 23.3 Å². The maximum absolute atomic E-state index is 13.2. The molecule has 28 heavy (non-hydrogen) atoms. The average molecular weight is 402 g/mol. The molecular weight excluding hydrogens is 380 g/mol. The van der Waals surface area contributed by atoms with Crippen LogP contribution in [0.1, 0.15) is 30.9 Å². The third-order valence-electron chi connectivity index (χ3n) is 5.10. The van der Waals surface area contributed by atoms with Crippen molar-refractivity contribution in [2.75, 3.05) is 25.1 Å². The fourth-order valence-corrected chi connectivity index (χ4v) is 4.93. The minimum Gasteiger partial charge on any atom is -0.486 e. The molecule has 0 unspecified atom stereocenters. The van der Waals surface area contributed by atoms with Crippen molar-refractivity contribution in [2.24, 2.45) is 0 Å². The molecule has 2 heterocycles. The fraction of sp³-hybridized carbons (Fsp3) is 0.350. The SMILES string of the molecule is CCN(Cc1ccc2c(c1)OCCO2)S(=O)(=O)c1ccc2c(c1)[C@H](C)C(=O)N2. The number of amides is 1. The molecular formula is C20H22N2O5S. The quantitative estimate of drug-likeness (QED) is 0.831. The molecule has 0 radical (unpaired) electrons. The van der Waals surface area contributed by atoms with Gasteiger partial charge in [-0.2, -0.15) is 4.31 Å². The van der Waals surface area contributed by atoms with Gasteiger partial charge in [0.25, 0.3) is 0 Å². The van der Waals surface area contributed by atoms with E-state index in [1.54, 1.807) is 38.1 Å². The number of carbonyl (C=O) groups excluding carboxylic acids is 1. The highest BCUT2D eigenvalue weighted by Crippen LogP contribution is 2.35. The minimum atomic E-state index is -3.71. The fourth-order valence-electron chi connectivity index (χ4n) is 3.46. The Bertz CT molecular complexity index is 1030. The number of fused-ring (bicyclic) bond motifs is 2. The van der Waals surface area contributed by atoms with Crippen LogP contribution in [0.3, 0.4) is 0 Å². The smallest absolute Gasteiger partial charge is 0.243 e. The van der Waals surface area contributed by atoms with Crippen molar-refractivity contribution in [3.8, 4) is 11.5 Å². The van der Waals surface area contributed by atoms with E-state index >= 15 is 0 Å². The third-order valence-corrected chi connectivity index (χ3v) is 7.01. The summed E-state index contributed by atoms with van der Waals surface area (Å²) in [6, 6.07) is 10.3. The predicted octanol–water partition coefficient (Wildman–Crippen LogP) is 2.72. The lowest BCUT2D eigenvalue weighted by Gasteiger charge is -2.23. The zero-order chi connectivity index (χ0) is 19.9. The van der Waals surface area contributed by atoms with Gasteiger partial charge in [0.05, 0.1) is 10.8 Å². The van der Waals surface area contributed by atoms with E-state index in [0.717, 1.165) is 5.56 Å². The second-order valence-electron chi connectivity index (χ2n) is 6.87. The summed E-state index contributed by atoms with van der Waals surface area (Å²) in [5, 5.41) is 2.76. The molecule has 0 aliphatic carbocycles. The lowest BCUT2D eigenvalue weighted by atomic mass is 10.0. The summed E-state index contributed by atoms with van der Waals surface area (Å²) in [5.74, 6) is 0.824. The molecule has 2 aromatic rings. The van der Waals surface area contributed by atoms with Crippen LogP contribution in [0.5, 0.6) is 11.5 Å². The molecule has 0 aromatic heterocycles. The maximum atomic E-state index is 13.2. The van der Waals surface area contributed by atoms with E-state index in [1.807, 2.05) is 12.1 Å². The molecule has 0 fully saturated rings. The highest BCUT2D eigenvalue weighted by Gasteiger charge is 2.30. The number of anilines is 1. The van der Waals surface area contributed by atoms with Crippen molar-refractivity contribution in [3.63, 3.8) is 0 Å². The van der Waals surface area contributed by atoms with E-state index in [0.29, 0.717) is 42.5 Å². The first kappa shape index (κ1) is 18.8. The number of nitrogens with zero attached hydrogens (tertiary/aromatic N) is 1. The Balaban J connectivity index is 1.62. The molecule has 1 N–H and O–H groups in total. The van der Waals surface area contributed by atoms with Crippen molar-refractivity contribution < 1.29 is 22.7 Å². The highest BCUT2D eigenvalue weighted by atomic mass is 32.2. The van der Waals surface area contributed by atoms with Crippen LogP contribution in [-0.2, 0) is 21.4 Å². The molecule has 1 atom stereocenters. The Morgan fingerprint density at radius 3 is 2.61 bits per heavy atom. The van der Waals surface area contributed by atoms with Crippen molar-refractivity contribution in [1.29, 1.82) is 0 Å². The van der Waals surface area contributed by atoms with E-state index in [1.165, 1.54) is 4.31 Å². The number of hydrogen-bond acceptors (Lipinski definition) is 5. The maximum Gasteiger partial charge on any atom is 0.243 e. The third kappa shape index (κ3) is 3.22. The largest absolute Gasteiger partial charge is 0.486 e. The molecule has 7 nitrogen and oxygen atoms in total. The first-order valence-corrected chi connectivity index (χ1v) is 10.7. The van der Waals surface area contributed by atoms with Gasteiger partial charge in [-0.15, -0.1) is 0 Å². The number of rotatable bonds is 5. The molecule has 4 rings (SSSR count). The number of nitrogens with one attached hydrogen (secondary N) is 1. The van der Waals surface area contributed by atoms with Gasteiger partial charge in [0, 0.05) is 18.8 Å². The first-order valence-electron chi connectivity index (χ1n) is 9.23. The zero-order valence-electron chi connectivity index (χ0n) is 15.8. The van der Waals surface area contributed by atoms with E-state index in [2.05, 4.69) is 5.32 Å². The van der Waals surface area contributed by atoms with Crippen molar-refractivity contribution >= 4 is 21.6 Å². The molecule has 2 aliphatic heterocycles. The number of hydrogen-bond donors (Lipinski definition) is 1. The van der Waals surface area contributed by atoms with Crippen LogP contribution < -0.4 is 14.8 Å². The Kier molecular flexibility index (Phi) is 4.76. The number of benzene rings is 2. The molecule has 0 spiro atoms. The Labute approximate surface area is 164 Å². The normalized spacial score (nSPS) is 18.1. The van der Waals surface area contributed by atoms with Crippen molar-refractivity contribution in [2.45, 2.75) is 31.2 Å². The van der Waals surface area contributed by atoms with Crippen LogP contribution in [0.15, 0.2) is 41.3 Å². The van der Waals surface area contributed by atoms with E-state index in [9.17, 15) is 13.2 Å². The second kappa shape index (κ2) is 7.10. The molecule has 1 amide bonds. The molecule has 2 aromatic carbocycles. The van der Waals surface area contributed by atoms with Crippen LogP contribution >= 0.6 is 0 Å². The molecule has 148 valence electrons. The minimum absolute atomic E-state index is 0.117. The monoisotopic (exact) mass is 402 g/mol. The van der Waals surface area contributed by atoms with Gasteiger partial charge in [-0.3, -0.25) is 4.79 Å². The van der Waals surface area contributed by atoms with Gasteiger partial charge in [0.1, 0.15) is 13.2 Å². The summed E-state index contributed by atoms with van der Waals surface area (Å²) in [6.45, 7) is 5.10. The molecule has 0 bridgehead atoms. The van der Waals surface area contributed by atoms with Crippen LogP contribution in [0.25, 0.3) is 0 Å². The second-order valence-corrected chi connectivity index (χ2v) is 8.81. The van der Waals surface area contributed by atoms with Gasteiger partial charge >= 0.3 is 0 Å². The standard InChI is InChI=1S/C20H22N2O5S/c1-3-22(12-14-4-7-18-19(10-14)27-9-8-26-18)28(24,25)15-5-6-17-16(11-15)13(2)20(23)21-17/h4-7,10-11,13H,3,8-9,12H2,1-2H3,(H,21,23)/t13-/m0/s1. The molecule has 0 saturated carbocycles. The van der Waals surface area contributed by atoms with Gasteiger partial charge in [-0.1, -0.05) is 13.0 Å². The van der Waals surface area contributed by atoms with Crippen LogP contribution in [-0.4, -0.2) is 38.4 Å². The Morgan fingerprint density at radius 1 is 1.11 bits per heavy atom. The summed E-state index contributed by atoms with van der Waals surface area (Å²) in [7, 11) is -3.71.